The molecule has 0 fully saturated rings. The summed E-state index contributed by atoms with van der Waals surface area (Å²) in [6, 6.07) is 0. The smallest absolute Gasteiger partial charge is 0 e. The Labute approximate surface area is 94.1 Å². The van der Waals surface area contributed by atoms with Gasteiger partial charge in [-0.25, -0.2) is 0 Å². The zero-order valence-corrected chi connectivity index (χ0v) is 12.4. The van der Waals surface area contributed by atoms with Crippen LogP contribution >= 0.6 is 0 Å². The van der Waals surface area contributed by atoms with Crippen LogP contribution < -0.4 is 0 Å². The van der Waals surface area contributed by atoms with Crippen LogP contribution in [0.25, 0.3) is 0 Å². The SMILES string of the molecule is [Ag].[In].[Sn].[Sn]. The van der Waals surface area contributed by atoms with E-state index in [0.29, 0.717) is 0 Å². The van der Waals surface area contributed by atoms with Crippen LogP contribution in [0, 0.1) is 0 Å². The second-order valence-corrected chi connectivity index (χ2v) is 0. The Kier molecular flexibility index (Phi) is 110. The van der Waals surface area contributed by atoms with Gasteiger partial charge in [0.2, 0.25) is 0 Å². The molecule has 0 amide bonds. The second-order valence-electron chi connectivity index (χ2n) is 0. The number of hydrogen-bond acceptors (Lipinski definition) is 0. The van der Waals surface area contributed by atoms with Gasteiger partial charge in [0.1, 0.15) is 0 Å². The van der Waals surface area contributed by atoms with Crippen LogP contribution in [-0.2, 0) is 22.4 Å². The second kappa shape index (κ2) is 16.4. The molecule has 0 aromatic carbocycles. The van der Waals surface area contributed by atoms with E-state index in [2.05, 4.69) is 0 Å². The van der Waals surface area contributed by atoms with Crippen molar-refractivity contribution in [3.8, 4) is 0 Å². The van der Waals surface area contributed by atoms with Gasteiger partial charge in [0.05, 0.1) is 0 Å². The van der Waals surface area contributed by atoms with Crippen LogP contribution in [0.3, 0.4) is 0 Å². The number of rotatable bonds is 0. The molecule has 0 aromatic heterocycles. The molecular weight excluding hydrogens is 460 g/mol. The molecule has 12 radical (unpaired) electrons. The van der Waals surface area contributed by atoms with E-state index < -0.39 is 0 Å². The first kappa shape index (κ1) is 27.0. The molecule has 0 heterocycles. The Bertz CT molecular complexity index is 6.00. The summed E-state index contributed by atoms with van der Waals surface area (Å²) in [7, 11) is 0. The largest absolute Gasteiger partial charge is 0 e. The van der Waals surface area contributed by atoms with E-state index in [1.54, 1.807) is 0 Å². The van der Waals surface area contributed by atoms with Crippen LogP contribution in [0.4, 0.5) is 0 Å². The molecule has 0 atom stereocenters. The van der Waals surface area contributed by atoms with Crippen molar-refractivity contribution in [1.82, 2.24) is 0 Å². The molecule has 0 N–H and O–H groups in total. The zero-order chi connectivity index (χ0) is 0. The summed E-state index contributed by atoms with van der Waals surface area (Å²) >= 11 is 0. The van der Waals surface area contributed by atoms with Gasteiger partial charge in [-0.2, -0.15) is 0 Å². The molecule has 0 bridgehead atoms. The van der Waals surface area contributed by atoms with E-state index in [0.717, 1.165) is 0 Å². The first-order chi connectivity index (χ1) is 0. The van der Waals surface area contributed by atoms with Gasteiger partial charge < -0.3 is 0 Å². The molecule has 0 aliphatic rings. The molecule has 0 saturated heterocycles. The molecule has 0 aliphatic carbocycles. The minimum absolute atomic E-state index is 0. The summed E-state index contributed by atoms with van der Waals surface area (Å²) < 4.78 is 0. The minimum Gasteiger partial charge on any atom is 0 e. The predicted octanol–water partition coefficient (Wildman–Crippen LogP) is -1.14. The minimum atomic E-state index is 0. The predicted molar refractivity (Wildman–Crippen MR) is 17.3 cm³/mol. The van der Waals surface area contributed by atoms with Crippen molar-refractivity contribution in [2.45, 2.75) is 0 Å². The van der Waals surface area contributed by atoms with Crippen LogP contribution in [-0.4, -0.2) is 73.7 Å². The molecule has 0 rings (SSSR count). The Morgan fingerprint density at radius 1 is 0.750 bits per heavy atom. The third-order valence-electron chi connectivity index (χ3n) is 0. The fraction of sp³-hybridized carbons (Fsp3) is 0. The van der Waals surface area contributed by atoms with Crippen molar-refractivity contribution in [2.24, 2.45) is 0 Å². The third-order valence-corrected chi connectivity index (χ3v) is 0. The van der Waals surface area contributed by atoms with Gasteiger partial charge in [-0.05, 0) is 0 Å². The van der Waals surface area contributed by atoms with E-state index >= 15 is 0 Å². The summed E-state index contributed by atoms with van der Waals surface area (Å²) in [5.74, 6) is 0. The first-order valence-corrected chi connectivity index (χ1v) is 0. The third kappa shape index (κ3) is 8.96. The van der Waals surface area contributed by atoms with E-state index in [-0.39, 0.29) is 96.0 Å². The molecule has 0 aromatic rings. The van der Waals surface area contributed by atoms with E-state index in [1.807, 2.05) is 0 Å². The molecule has 4 heteroatoms. The molecule has 0 spiro atoms. The fourth-order valence-corrected chi connectivity index (χ4v) is 0. The van der Waals surface area contributed by atoms with E-state index in [1.165, 1.54) is 0 Å². The Hall–Kier alpha value is 3.21. The van der Waals surface area contributed by atoms with Gasteiger partial charge in [-0.3, -0.25) is 0 Å². The summed E-state index contributed by atoms with van der Waals surface area (Å²) in [5.41, 5.74) is 0. The van der Waals surface area contributed by atoms with Crippen LogP contribution in [0.15, 0.2) is 0 Å². The summed E-state index contributed by atoms with van der Waals surface area (Å²) in [5, 5.41) is 0. The summed E-state index contributed by atoms with van der Waals surface area (Å²) in [6.45, 7) is 0. The molecule has 0 nitrogen and oxygen atoms in total. The fourth-order valence-electron chi connectivity index (χ4n) is 0. The Balaban J connectivity index is 0. The van der Waals surface area contributed by atoms with Gasteiger partial charge in [-0.15, -0.1) is 0 Å². The van der Waals surface area contributed by atoms with Crippen LogP contribution in [0.5, 0.6) is 0 Å². The van der Waals surface area contributed by atoms with Crippen molar-refractivity contribution >= 4 is 73.7 Å². The maximum atomic E-state index is 0. The monoisotopic (exact) mass is 462 g/mol. The molecule has 4 heavy (non-hydrogen) atoms. The van der Waals surface area contributed by atoms with Crippen LogP contribution in [0.1, 0.15) is 0 Å². The van der Waals surface area contributed by atoms with Crippen molar-refractivity contribution in [1.29, 1.82) is 0 Å². The Morgan fingerprint density at radius 3 is 0.750 bits per heavy atom. The summed E-state index contributed by atoms with van der Waals surface area (Å²) in [4.78, 5) is 0. The normalized spacial score (nSPS) is 0. The van der Waals surface area contributed by atoms with E-state index in [4.69, 9.17) is 0 Å². The molecule has 0 aliphatic heterocycles. The average Bonchev–Trinajstić information content (AvgIpc) is 0. The number of hydrogen-bond donors (Lipinski definition) is 0. The van der Waals surface area contributed by atoms with Gasteiger partial charge in [0, 0.05) is 96.0 Å². The van der Waals surface area contributed by atoms with Gasteiger partial charge in [-0.1, -0.05) is 0 Å². The summed E-state index contributed by atoms with van der Waals surface area (Å²) in [6.07, 6.45) is 0. The topological polar surface area (TPSA) is 0 Å². The van der Waals surface area contributed by atoms with Gasteiger partial charge in [0.25, 0.3) is 0 Å². The quantitative estimate of drug-likeness (QED) is 0.402. The standard InChI is InChI=1S/Ag.In.2Sn. The van der Waals surface area contributed by atoms with Gasteiger partial charge in [0.15, 0.2) is 0 Å². The van der Waals surface area contributed by atoms with E-state index in [9.17, 15) is 0 Å². The molecule has 22 valence electrons. The van der Waals surface area contributed by atoms with Crippen molar-refractivity contribution in [2.75, 3.05) is 0 Å². The Morgan fingerprint density at radius 2 is 0.750 bits per heavy atom. The van der Waals surface area contributed by atoms with Gasteiger partial charge >= 0.3 is 0 Å². The van der Waals surface area contributed by atoms with Crippen molar-refractivity contribution < 1.29 is 22.4 Å². The first-order valence-electron chi connectivity index (χ1n) is 0. The molecule has 0 unspecified atom stereocenters. The zero-order valence-electron chi connectivity index (χ0n) is 1.88. The maximum absolute atomic E-state index is 0. The molecular formula is AgInSn2. The average molecular weight is 460 g/mol. The van der Waals surface area contributed by atoms with Crippen molar-refractivity contribution in [3.63, 3.8) is 0 Å². The maximum Gasteiger partial charge on any atom is 0 e. The van der Waals surface area contributed by atoms with Crippen molar-refractivity contribution in [3.05, 3.63) is 0 Å². The van der Waals surface area contributed by atoms with Crippen LogP contribution in [0.2, 0.25) is 0 Å². The molecule has 0 saturated carbocycles.